The van der Waals surface area contributed by atoms with Gasteiger partial charge in [0, 0.05) is 57.2 Å². The summed E-state index contributed by atoms with van der Waals surface area (Å²) in [4.78, 5) is 15.2. The zero-order valence-corrected chi connectivity index (χ0v) is 17.2. The molecule has 3 rings (SSSR count). The molecule has 0 bridgehead atoms. The SMILES string of the molecule is Cl.O=C(Cc1ccc(S(=O)(=O)N2CCCC2)s1)NCCN1CCNCC1. The molecule has 0 atom stereocenters. The maximum Gasteiger partial charge on any atom is 0.252 e. The lowest BCUT2D eigenvalue weighted by atomic mass is 10.3. The first kappa shape index (κ1) is 21.6. The van der Waals surface area contributed by atoms with Gasteiger partial charge in [0.05, 0.1) is 6.42 Å². The molecule has 0 radical (unpaired) electrons. The molecule has 148 valence electrons. The molecular weight excluding hydrogens is 396 g/mol. The van der Waals surface area contributed by atoms with Gasteiger partial charge in [-0.2, -0.15) is 4.31 Å². The Bertz CT molecular complexity index is 683. The molecule has 0 spiro atoms. The van der Waals surface area contributed by atoms with Crippen LogP contribution in [0.5, 0.6) is 0 Å². The quantitative estimate of drug-likeness (QED) is 0.669. The van der Waals surface area contributed by atoms with Gasteiger partial charge in [-0.25, -0.2) is 8.42 Å². The highest BCUT2D eigenvalue weighted by Gasteiger charge is 2.28. The van der Waals surface area contributed by atoms with Crippen LogP contribution < -0.4 is 10.6 Å². The van der Waals surface area contributed by atoms with Crippen molar-refractivity contribution in [2.45, 2.75) is 23.5 Å². The van der Waals surface area contributed by atoms with Crippen LogP contribution in [0.4, 0.5) is 0 Å². The summed E-state index contributed by atoms with van der Waals surface area (Å²) in [5.74, 6) is -0.0536. The predicted molar refractivity (Wildman–Crippen MR) is 106 cm³/mol. The first-order valence-corrected chi connectivity index (χ1v) is 11.1. The number of sulfonamides is 1. The minimum atomic E-state index is -3.38. The highest BCUT2D eigenvalue weighted by Crippen LogP contribution is 2.27. The molecule has 1 amide bonds. The second-order valence-electron chi connectivity index (χ2n) is 6.45. The number of hydrogen-bond donors (Lipinski definition) is 2. The lowest BCUT2D eigenvalue weighted by molar-refractivity contribution is -0.120. The van der Waals surface area contributed by atoms with Gasteiger partial charge >= 0.3 is 0 Å². The summed E-state index contributed by atoms with van der Waals surface area (Å²) in [5, 5.41) is 6.23. The predicted octanol–water partition coefficient (Wildman–Crippen LogP) is 0.518. The van der Waals surface area contributed by atoms with E-state index in [9.17, 15) is 13.2 Å². The fourth-order valence-electron chi connectivity index (χ4n) is 3.16. The average molecular weight is 423 g/mol. The standard InChI is InChI=1S/C16H26N4O3S2.ClH/c21-15(18-7-12-19-10-5-17-6-11-19)13-14-3-4-16(24-14)25(22,23)20-8-1-2-9-20;/h3-4,17H,1-2,5-13H2,(H,18,21);1H. The summed E-state index contributed by atoms with van der Waals surface area (Å²) in [5.41, 5.74) is 0. The van der Waals surface area contributed by atoms with Gasteiger partial charge in [-0.1, -0.05) is 0 Å². The normalized spacial score (nSPS) is 19.2. The van der Waals surface area contributed by atoms with Gasteiger partial charge in [0.2, 0.25) is 5.91 Å². The van der Waals surface area contributed by atoms with Crippen molar-refractivity contribution in [2.75, 3.05) is 52.4 Å². The Hall–Kier alpha value is -0.710. The number of amides is 1. The third-order valence-electron chi connectivity index (χ3n) is 4.59. The molecule has 10 heteroatoms. The molecule has 2 saturated heterocycles. The maximum absolute atomic E-state index is 12.5. The van der Waals surface area contributed by atoms with Crippen molar-refractivity contribution >= 4 is 39.7 Å². The summed E-state index contributed by atoms with van der Waals surface area (Å²) in [6.07, 6.45) is 2.08. The molecule has 0 saturated carbocycles. The molecule has 0 aliphatic carbocycles. The third kappa shape index (κ3) is 5.64. The average Bonchev–Trinajstić information content (AvgIpc) is 3.28. The Labute approximate surface area is 165 Å². The summed E-state index contributed by atoms with van der Waals surface area (Å²) < 4.78 is 26.9. The molecule has 7 nitrogen and oxygen atoms in total. The van der Waals surface area contributed by atoms with Crippen molar-refractivity contribution in [1.82, 2.24) is 19.8 Å². The lowest BCUT2D eigenvalue weighted by Gasteiger charge is -2.27. The Balaban J connectivity index is 0.00000243. The van der Waals surface area contributed by atoms with E-state index in [1.165, 1.54) is 15.6 Å². The number of nitrogens with zero attached hydrogens (tertiary/aromatic N) is 2. The van der Waals surface area contributed by atoms with Crippen LogP contribution in [0.3, 0.4) is 0 Å². The molecule has 2 aliphatic heterocycles. The number of hydrogen-bond acceptors (Lipinski definition) is 6. The summed E-state index contributed by atoms with van der Waals surface area (Å²) >= 11 is 1.21. The largest absolute Gasteiger partial charge is 0.355 e. The van der Waals surface area contributed by atoms with E-state index in [1.54, 1.807) is 12.1 Å². The van der Waals surface area contributed by atoms with Gasteiger partial charge < -0.3 is 10.6 Å². The molecular formula is C16H27ClN4O3S2. The molecule has 0 unspecified atom stereocenters. The molecule has 0 aromatic carbocycles. The van der Waals surface area contributed by atoms with E-state index in [1.807, 2.05) is 0 Å². The van der Waals surface area contributed by atoms with Crippen LogP contribution in [0.15, 0.2) is 16.3 Å². The van der Waals surface area contributed by atoms with Crippen molar-refractivity contribution in [1.29, 1.82) is 0 Å². The van der Waals surface area contributed by atoms with Crippen LogP contribution in [0.1, 0.15) is 17.7 Å². The van der Waals surface area contributed by atoms with E-state index >= 15 is 0 Å². The number of nitrogens with one attached hydrogen (secondary N) is 2. The zero-order chi connectivity index (χ0) is 17.7. The van der Waals surface area contributed by atoms with Crippen LogP contribution >= 0.6 is 23.7 Å². The lowest BCUT2D eigenvalue weighted by Crippen LogP contribution is -2.46. The molecule has 26 heavy (non-hydrogen) atoms. The summed E-state index contributed by atoms with van der Waals surface area (Å²) in [7, 11) is -3.38. The Kier molecular flexibility index (Phi) is 8.31. The van der Waals surface area contributed by atoms with Crippen LogP contribution in [0.25, 0.3) is 0 Å². The van der Waals surface area contributed by atoms with Crippen LogP contribution in [-0.4, -0.2) is 75.9 Å². The molecule has 1 aromatic heterocycles. The molecule has 2 N–H and O–H groups in total. The Morgan fingerprint density at radius 2 is 1.85 bits per heavy atom. The fourth-order valence-corrected chi connectivity index (χ4v) is 6.18. The van der Waals surface area contributed by atoms with Gasteiger partial charge in [-0.05, 0) is 25.0 Å². The minimum Gasteiger partial charge on any atom is -0.355 e. The van der Waals surface area contributed by atoms with Crippen LogP contribution in [0, 0.1) is 0 Å². The molecule has 1 aromatic rings. The van der Waals surface area contributed by atoms with Crippen LogP contribution in [0.2, 0.25) is 0 Å². The highest BCUT2D eigenvalue weighted by molar-refractivity contribution is 7.91. The van der Waals surface area contributed by atoms with Crippen molar-refractivity contribution in [3.8, 4) is 0 Å². The Morgan fingerprint density at radius 1 is 1.15 bits per heavy atom. The number of thiophene rings is 1. The van der Waals surface area contributed by atoms with Crippen molar-refractivity contribution in [3.05, 3.63) is 17.0 Å². The minimum absolute atomic E-state index is 0. The second kappa shape index (κ2) is 10.0. The summed E-state index contributed by atoms with van der Waals surface area (Å²) in [6, 6.07) is 3.38. The van der Waals surface area contributed by atoms with E-state index < -0.39 is 10.0 Å². The van der Waals surface area contributed by atoms with Gasteiger partial charge in [-0.3, -0.25) is 9.69 Å². The van der Waals surface area contributed by atoms with Gasteiger partial charge in [0.1, 0.15) is 4.21 Å². The third-order valence-corrected chi connectivity index (χ3v) is 8.04. The monoisotopic (exact) mass is 422 g/mol. The van der Waals surface area contributed by atoms with E-state index in [4.69, 9.17) is 0 Å². The number of piperazine rings is 1. The molecule has 2 fully saturated rings. The Morgan fingerprint density at radius 3 is 2.54 bits per heavy atom. The zero-order valence-electron chi connectivity index (χ0n) is 14.8. The number of carbonyl (C=O) groups is 1. The molecule has 2 aliphatic rings. The maximum atomic E-state index is 12.5. The van der Waals surface area contributed by atoms with E-state index in [0.29, 0.717) is 23.8 Å². The second-order valence-corrected chi connectivity index (χ2v) is 9.78. The molecule has 3 heterocycles. The number of rotatable bonds is 7. The van der Waals surface area contributed by atoms with E-state index in [0.717, 1.165) is 50.4 Å². The van der Waals surface area contributed by atoms with E-state index in [-0.39, 0.29) is 24.7 Å². The van der Waals surface area contributed by atoms with Crippen molar-refractivity contribution in [3.63, 3.8) is 0 Å². The van der Waals surface area contributed by atoms with Crippen molar-refractivity contribution in [2.24, 2.45) is 0 Å². The topological polar surface area (TPSA) is 81.8 Å². The van der Waals surface area contributed by atoms with Gasteiger partial charge in [0.15, 0.2) is 0 Å². The van der Waals surface area contributed by atoms with E-state index in [2.05, 4.69) is 15.5 Å². The highest BCUT2D eigenvalue weighted by atomic mass is 35.5. The first-order chi connectivity index (χ1) is 12.1. The smallest absolute Gasteiger partial charge is 0.252 e. The van der Waals surface area contributed by atoms with Gasteiger partial charge in [-0.15, -0.1) is 23.7 Å². The van der Waals surface area contributed by atoms with Crippen LogP contribution in [-0.2, 0) is 21.2 Å². The fraction of sp³-hybridized carbons (Fsp3) is 0.688. The summed E-state index contributed by atoms with van der Waals surface area (Å²) in [6.45, 7) is 6.70. The number of carbonyl (C=O) groups excluding carboxylic acids is 1. The van der Waals surface area contributed by atoms with Crippen molar-refractivity contribution < 1.29 is 13.2 Å². The first-order valence-electron chi connectivity index (χ1n) is 8.84. The van der Waals surface area contributed by atoms with Gasteiger partial charge in [0.25, 0.3) is 10.0 Å². The number of halogens is 1.